The predicted octanol–water partition coefficient (Wildman–Crippen LogP) is 2.09. The first-order valence-corrected chi connectivity index (χ1v) is 6.04. The van der Waals surface area contributed by atoms with Gasteiger partial charge in [0.05, 0.1) is 6.10 Å². The molecule has 0 bridgehead atoms. The highest BCUT2D eigenvalue weighted by atomic mass is 32.1. The van der Waals surface area contributed by atoms with Crippen LogP contribution in [0.5, 0.6) is 0 Å². The van der Waals surface area contributed by atoms with Gasteiger partial charge in [-0.1, -0.05) is 0 Å². The third-order valence-corrected chi connectivity index (χ3v) is 3.91. The zero-order valence-electron chi connectivity index (χ0n) is 8.49. The second-order valence-electron chi connectivity index (χ2n) is 4.00. The Labute approximate surface area is 89.0 Å². The summed E-state index contributed by atoms with van der Waals surface area (Å²) in [6, 6.07) is 4.14. The van der Waals surface area contributed by atoms with Crippen molar-refractivity contribution in [1.29, 1.82) is 0 Å². The molecule has 2 rings (SSSR count). The quantitative estimate of drug-likeness (QED) is 0.785. The van der Waals surface area contributed by atoms with Gasteiger partial charge in [0.15, 0.2) is 0 Å². The van der Waals surface area contributed by atoms with Crippen LogP contribution in [0.2, 0.25) is 0 Å². The minimum absolute atomic E-state index is 0.263. The molecule has 2 heterocycles. The number of nitrogens with one attached hydrogen (secondary N) is 1. The van der Waals surface area contributed by atoms with Crippen molar-refractivity contribution >= 4 is 11.3 Å². The topological polar surface area (TPSA) is 32.3 Å². The molecule has 1 fully saturated rings. The second kappa shape index (κ2) is 4.43. The standard InChI is InChI=1S/C11H17NOS/c1-8-4-5-10(14-8)11(13)9-3-2-6-12-7-9/h4-5,9,11-13H,2-3,6-7H2,1H3. The molecule has 2 atom stereocenters. The monoisotopic (exact) mass is 211 g/mol. The van der Waals surface area contributed by atoms with Crippen molar-refractivity contribution in [2.45, 2.75) is 25.9 Å². The van der Waals surface area contributed by atoms with Gasteiger partial charge in [-0.25, -0.2) is 0 Å². The van der Waals surface area contributed by atoms with Crippen molar-refractivity contribution in [3.8, 4) is 0 Å². The smallest absolute Gasteiger partial charge is 0.0922 e. The van der Waals surface area contributed by atoms with E-state index >= 15 is 0 Å². The van der Waals surface area contributed by atoms with E-state index in [0.29, 0.717) is 5.92 Å². The zero-order valence-corrected chi connectivity index (χ0v) is 9.31. The first-order valence-electron chi connectivity index (χ1n) is 5.22. The van der Waals surface area contributed by atoms with E-state index in [1.54, 1.807) is 11.3 Å². The van der Waals surface area contributed by atoms with Gasteiger partial charge in [-0.05, 0) is 38.4 Å². The summed E-state index contributed by atoms with van der Waals surface area (Å²) in [5.74, 6) is 0.404. The number of piperidine rings is 1. The maximum absolute atomic E-state index is 10.1. The fourth-order valence-electron chi connectivity index (χ4n) is 1.99. The summed E-state index contributed by atoms with van der Waals surface area (Å²) in [5, 5.41) is 13.5. The Hall–Kier alpha value is -0.380. The van der Waals surface area contributed by atoms with Gasteiger partial charge < -0.3 is 10.4 Å². The van der Waals surface area contributed by atoms with E-state index < -0.39 is 0 Å². The zero-order chi connectivity index (χ0) is 9.97. The minimum atomic E-state index is -0.263. The Morgan fingerprint density at radius 2 is 2.43 bits per heavy atom. The van der Waals surface area contributed by atoms with E-state index in [-0.39, 0.29) is 6.10 Å². The lowest BCUT2D eigenvalue weighted by atomic mass is 9.93. The molecule has 2 nitrogen and oxygen atoms in total. The SMILES string of the molecule is Cc1ccc(C(O)C2CCCNC2)s1. The molecule has 1 aliphatic heterocycles. The predicted molar refractivity (Wildman–Crippen MR) is 59.6 cm³/mol. The maximum Gasteiger partial charge on any atom is 0.0922 e. The summed E-state index contributed by atoms with van der Waals surface area (Å²) in [4.78, 5) is 2.40. The van der Waals surface area contributed by atoms with Crippen LogP contribution in [-0.4, -0.2) is 18.2 Å². The molecular weight excluding hydrogens is 194 g/mol. The van der Waals surface area contributed by atoms with Crippen molar-refractivity contribution in [3.63, 3.8) is 0 Å². The number of aliphatic hydroxyl groups is 1. The van der Waals surface area contributed by atoms with Crippen molar-refractivity contribution in [2.75, 3.05) is 13.1 Å². The number of rotatable bonds is 2. The van der Waals surface area contributed by atoms with Crippen molar-refractivity contribution in [1.82, 2.24) is 5.32 Å². The van der Waals surface area contributed by atoms with Gasteiger partial charge in [0.25, 0.3) is 0 Å². The third kappa shape index (κ3) is 2.16. The van der Waals surface area contributed by atoms with Crippen LogP contribution in [0, 0.1) is 12.8 Å². The Morgan fingerprint density at radius 3 is 3.00 bits per heavy atom. The Balaban J connectivity index is 2.03. The molecule has 2 N–H and O–H groups in total. The van der Waals surface area contributed by atoms with E-state index in [2.05, 4.69) is 24.4 Å². The molecule has 3 heteroatoms. The molecule has 0 radical (unpaired) electrons. The minimum Gasteiger partial charge on any atom is -0.387 e. The molecule has 0 amide bonds. The van der Waals surface area contributed by atoms with Gasteiger partial charge >= 0.3 is 0 Å². The van der Waals surface area contributed by atoms with E-state index in [4.69, 9.17) is 0 Å². The van der Waals surface area contributed by atoms with Crippen LogP contribution in [0.4, 0.5) is 0 Å². The van der Waals surface area contributed by atoms with Crippen LogP contribution in [0.25, 0.3) is 0 Å². The summed E-state index contributed by atoms with van der Waals surface area (Å²) in [6.45, 7) is 4.14. The molecular formula is C11H17NOS. The Kier molecular flexibility index (Phi) is 3.21. The van der Waals surface area contributed by atoms with Gasteiger partial charge in [-0.3, -0.25) is 0 Å². The third-order valence-electron chi connectivity index (χ3n) is 2.83. The molecule has 14 heavy (non-hydrogen) atoms. The summed E-state index contributed by atoms with van der Waals surface area (Å²) in [7, 11) is 0. The molecule has 1 saturated heterocycles. The molecule has 1 aromatic rings. The molecule has 0 saturated carbocycles. The van der Waals surface area contributed by atoms with Crippen molar-refractivity contribution in [2.24, 2.45) is 5.92 Å². The van der Waals surface area contributed by atoms with Crippen LogP contribution in [0.1, 0.15) is 28.7 Å². The summed E-state index contributed by atoms with van der Waals surface area (Å²) in [6.07, 6.45) is 2.07. The number of hydrogen-bond donors (Lipinski definition) is 2. The maximum atomic E-state index is 10.1. The van der Waals surface area contributed by atoms with E-state index in [1.807, 2.05) is 0 Å². The number of thiophene rings is 1. The van der Waals surface area contributed by atoms with Crippen LogP contribution < -0.4 is 5.32 Å². The lowest BCUT2D eigenvalue weighted by Crippen LogP contribution is -2.33. The summed E-state index contributed by atoms with van der Waals surface area (Å²) >= 11 is 1.71. The number of aliphatic hydroxyl groups excluding tert-OH is 1. The average Bonchev–Trinajstić information content (AvgIpc) is 2.65. The lowest BCUT2D eigenvalue weighted by molar-refractivity contribution is 0.0953. The molecule has 1 aromatic heterocycles. The molecule has 0 spiro atoms. The Bertz CT molecular complexity index is 291. The van der Waals surface area contributed by atoms with Gasteiger partial charge in [0.2, 0.25) is 0 Å². The van der Waals surface area contributed by atoms with Gasteiger partial charge in [0.1, 0.15) is 0 Å². The largest absolute Gasteiger partial charge is 0.387 e. The average molecular weight is 211 g/mol. The fourth-order valence-corrected chi connectivity index (χ4v) is 2.95. The van der Waals surface area contributed by atoms with Gasteiger partial charge in [-0.2, -0.15) is 0 Å². The van der Waals surface area contributed by atoms with Crippen LogP contribution in [0.3, 0.4) is 0 Å². The van der Waals surface area contributed by atoms with Crippen molar-refractivity contribution in [3.05, 3.63) is 21.9 Å². The number of hydrogen-bond acceptors (Lipinski definition) is 3. The highest BCUT2D eigenvalue weighted by Gasteiger charge is 2.23. The fraction of sp³-hybridized carbons (Fsp3) is 0.636. The van der Waals surface area contributed by atoms with E-state index in [0.717, 1.165) is 24.4 Å². The molecule has 1 aliphatic rings. The van der Waals surface area contributed by atoms with Crippen LogP contribution in [-0.2, 0) is 0 Å². The second-order valence-corrected chi connectivity index (χ2v) is 5.32. The normalized spacial score (nSPS) is 24.9. The van der Waals surface area contributed by atoms with Crippen LogP contribution >= 0.6 is 11.3 Å². The van der Waals surface area contributed by atoms with Gasteiger partial charge in [-0.15, -0.1) is 11.3 Å². The first kappa shape index (κ1) is 10.1. The van der Waals surface area contributed by atoms with E-state index in [1.165, 1.54) is 11.3 Å². The molecule has 0 aliphatic carbocycles. The highest BCUT2D eigenvalue weighted by Crippen LogP contribution is 2.31. The summed E-state index contributed by atoms with van der Waals surface area (Å²) < 4.78 is 0. The highest BCUT2D eigenvalue weighted by molar-refractivity contribution is 7.12. The Morgan fingerprint density at radius 1 is 1.57 bits per heavy atom. The van der Waals surface area contributed by atoms with Crippen LogP contribution in [0.15, 0.2) is 12.1 Å². The molecule has 2 unspecified atom stereocenters. The van der Waals surface area contributed by atoms with E-state index in [9.17, 15) is 5.11 Å². The molecule has 78 valence electrons. The summed E-state index contributed by atoms with van der Waals surface area (Å²) in [5.41, 5.74) is 0. The number of aryl methyl sites for hydroxylation is 1. The van der Waals surface area contributed by atoms with Crippen molar-refractivity contribution < 1.29 is 5.11 Å². The lowest BCUT2D eigenvalue weighted by Gasteiger charge is -2.26. The first-order chi connectivity index (χ1) is 6.77. The van der Waals surface area contributed by atoms with Gasteiger partial charge in [0, 0.05) is 22.2 Å². The molecule has 0 aromatic carbocycles.